The van der Waals surface area contributed by atoms with Crippen molar-refractivity contribution >= 4 is 0 Å². The molecule has 0 unspecified atom stereocenters. The fourth-order valence-corrected chi connectivity index (χ4v) is 1.59. The molecule has 3 N–H and O–H groups in total. The van der Waals surface area contributed by atoms with E-state index in [0.29, 0.717) is 6.54 Å². The maximum absolute atomic E-state index is 5.43. The van der Waals surface area contributed by atoms with Crippen molar-refractivity contribution in [3.63, 3.8) is 0 Å². The van der Waals surface area contributed by atoms with Crippen LogP contribution in [0.3, 0.4) is 0 Å². The molecular weight excluding hydrogens is 152 g/mol. The normalized spacial score (nSPS) is 20.5. The molecule has 66 valence electrons. The molecule has 0 radical (unpaired) electrons. The first-order valence-corrected chi connectivity index (χ1v) is 4.36. The number of nitrogens with zero attached hydrogens (tertiary/aromatic N) is 2. The molecule has 1 fully saturated rings. The Morgan fingerprint density at radius 1 is 1.58 bits per heavy atom. The molecule has 0 bridgehead atoms. The van der Waals surface area contributed by atoms with Crippen LogP contribution in [-0.4, -0.2) is 15.2 Å². The standard InChI is InChI=1S/C8H14N4/c1-8(3-2-4-8)7-10-6(5-9)11-12-7/h2-5,9H2,1H3,(H,10,11,12). The molecule has 1 aromatic heterocycles. The third-order valence-electron chi connectivity index (χ3n) is 2.72. The van der Waals surface area contributed by atoms with E-state index in [1.165, 1.54) is 19.3 Å². The molecule has 0 amide bonds. The van der Waals surface area contributed by atoms with E-state index in [0.717, 1.165) is 11.6 Å². The van der Waals surface area contributed by atoms with Crippen LogP contribution in [0, 0.1) is 0 Å². The zero-order valence-electron chi connectivity index (χ0n) is 7.30. The van der Waals surface area contributed by atoms with Crippen molar-refractivity contribution in [2.75, 3.05) is 0 Å². The molecule has 0 spiro atoms. The van der Waals surface area contributed by atoms with Gasteiger partial charge in [0.2, 0.25) is 0 Å². The van der Waals surface area contributed by atoms with E-state index in [-0.39, 0.29) is 5.41 Å². The molecule has 0 aliphatic heterocycles. The maximum atomic E-state index is 5.43. The number of hydrogen-bond donors (Lipinski definition) is 2. The third-order valence-corrected chi connectivity index (χ3v) is 2.72. The summed E-state index contributed by atoms with van der Waals surface area (Å²) in [5, 5.41) is 7.01. The average molecular weight is 166 g/mol. The van der Waals surface area contributed by atoms with Gasteiger partial charge in [0.05, 0.1) is 6.54 Å². The molecule has 2 rings (SSSR count). The fourth-order valence-electron chi connectivity index (χ4n) is 1.59. The van der Waals surface area contributed by atoms with Gasteiger partial charge in [0.25, 0.3) is 0 Å². The summed E-state index contributed by atoms with van der Waals surface area (Å²) in [7, 11) is 0. The average Bonchev–Trinajstić information content (AvgIpc) is 2.48. The predicted molar refractivity (Wildman–Crippen MR) is 45.5 cm³/mol. The van der Waals surface area contributed by atoms with Crippen LogP contribution in [0.25, 0.3) is 0 Å². The molecule has 4 nitrogen and oxygen atoms in total. The summed E-state index contributed by atoms with van der Waals surface area (Å²) in [6.07, 6.45) is 3.70. The quantitative estimate of drug-likeness (QED) is 0.679. The minimum Gasteiger partial charge on any atom is -0.324 e. The number of H-pyrrole nitrogens is 1. The Morgan fingerprint density at radius 2 is 2.33 bits per heavy atom. The smallest absolute Gasteiger partial charge is 0.156 e. The Bertz CT molecular complexity index is 274. The van der Waals surface area contributed by atoms with Gasteiger partial charge in [-0.05, 0) is 12.8 Å². The Hall–Kier alpha value is -0.900. The minimum atomic E-state index is 0.226. The zero-order valence-corrected chi connectivity index (χ0v) is 7.30. The summed E-state index contributed by atoms with van der Waals surface area (Å²) in [6, 6.07) is 0. The van der Waals surface area contributed by atoms with Crippen molar-refractivity contribution in [1.82, 2.24) is 15.2 Å². The summed E-state index contributed by atoms with van der Waals surface area (Å²) in [4.78, 5) is 4.33. The first-order chi connectivity index (χ1) is 5.74. The molecule has 4 heteroatoms. The van der Waals surface area contributed by atoms with Crippen LogP contribution < -0.4 is 5.73 Å². The second-order valence-electron chi connectivity index (χ2n) is 3.72. The molecule has 0 atom stereocenters. The first-order valence-electron chi connectivity index (χ1n) is 4.36. The molecule has 12 heavy (non-hydrogen) atoms. The molecule has 0 aromatic carbocycles. The van der Waals surface area contributed by atoms with Gasteiger partial charge in [-0.1, -0.05) is 13.3 Å². The van der Waals surface area contributed by atoms with E-state index in [2.05, 4.69) is 22.1 Å². The van der Waals surface area contributed by atoms with Gasteiger partial charge in [0.1, 0.15) is 5.82 Å². The SMILES string of the molecule is CC1(c2n[nH]c(CN)n2)CCC1. The van der Waals surface area contributed by atoms with Crippen LogP contribution in [0.2, 0.25) is 0 Å². The van der Waals surface area contributed by atoms with Crippen LogP contribution in [0.5, 0.6) is 0 Å². The third kappa shape index (κ3) is 1.03. The minimum absolute atomic E-state index is 0.226. The molecular formula is C8H14N4. The van der Waals surface area contributed by atoms with E-state index in [1.54, 1.807) is 0 Å². The Morgan fingerprint density at radius 3 is 2.75 bits per heavy atom. The van der Waals surface area contributed by atoms with E-state index in [4.69, 9.17) is 5.73 Å². The molecule has 1 aliphatic rings. The molecule has 1 aliphatic carbocycles. The number of hydrogen-bond acceptors (Lipinski definition) is 3. The number of aromatic amines is 1. The van der Waals surface area contributed by atoms with Crippen molar-refractivity contribution in [3.8, 4) is 0 Å². The summed E-state index contributed by atoms with van der Waals surface area (Å²) < 4.78 is 0. The highest BCUT2D eigenvalue weighted by molar-refractivity contribution is 5.10. The summed E-state index contributed by atoms with van der Waals surface area (Å²) in [5.74, 6) is 1.73. The van der Waals surface area contributed by atoms with Crippen LogP contribution in [-0.2, 0) is 12.0 Å². The predicted octanol–water partition coefficient (Wildman–Crippen LogP) is 0.705. The highest BCUT2D eigenvalue weighted by atomic mass is 15.2. The van der Waals surface area contributed by atoms with Crippen LogP contribution in [0.4, 0.5) is 0 Å². The van der Waals surface area contributed by atoms with E-state index in [1.807, 2.05) is 0 Å². The van der Waals surface area contributed by atoms with Gasteiger partial charge in [-0.2, -0.15) is 5.10 Å². The zero-order chi connectivity index (χ0) is 8.60. The Balaban J connectivity index is 2.22. The van der Waals surface area contributed by atoms with Gasteiger partial charge in [0, 0.05) is 5.41 Å². The van der Waals surface area contributed by atoms with E-state index in [9.17, 15) is 0 Å². The highest BCUT2D eigenvalue weighted by Gasteiger charge is 2.37. The topological polar surface area (TPSA) is 67.6 Å². The van der Waals surface area contributed by atoms with Gasteiger partial charge in [-0.25, -0.2) is 4.98 Å². The van der Waals surface area contributed by atoms with Gasteiger partial charge >= 0.3 is 0 Å². The largest absolute Gasteiger partial charge is 0.324 e. The van der Waals surface area contributed by atoms with Crippen molar-refractivity contribution in [2.45, 2.75) is 38.1 Å². The number of aromatic nitrogens is 3. The lowest BCUT2D eigenvalue weighted by Crippen LogP contribution is -2.31. The molecule has 1 saturated carbocycles. The lowest BCUT2D eigenvalue weighted by molar-refractivity contribution is 0.257. The number of rotatable bonds is 2. The summed E-state index contributed by atoms with van der Waals surface area (Å²) in [6.45, 7) is 2.66. The van der Waals surface area contributed by atoms with Crippen molar-refractivity contribution in [2.24, 2.45) is 5.73 Å². The number of nitrogens with two attached hydrogens (primary N) is 1. The van der Waals surface area contributed by atoms with Gasteiger partial charge < -0.3 is 5.73 Å². The second kappa shape index (κ2) is 2.55. The number of nitrogens with one attached hydrogen (secondary N) is 1. The Kier molecular flexibility index (Phi) is 1.65. The van der Waals surface area contributed by atoms with Gasteiger partial charge in [0.15, 0.2) is 5.82 Å². The monoisotopic (exact) mass is 166 g/mol. The van der Waals surface area contributed by atoms with Crippen molar-refractivity contribution in [3.05, 3.63) is 11.6 Å². The molecule has 0 saturated heterocycles. The van der Waals surface area contributed by atoms with Crippen LogP contribution in [0.1, 0.15) is 37.8 Å². The maximum Gasteiger partial charge on any atom is 0.156 e. The van der Waals surface area contributed by atoms with E-state index < -0.39 is 0 Å². The van der Waals surface area contributed by atoms with Gasteiger partial charge in [-0.15, -0.1) is 0 Å². The van der Waals surface area contributed by atoms with Crippen molar-refractivity contribution in [1.29, 1.82) is 0 Å². The highest BCUT2D eigenvalue weighted by Crippen LogP contribution is 2.41. The second-order valence-corrected chi connectivity index (χ2v) is 3.72. The van der Waals surface area contributed by atoms with E-state index >= 15 is 0 Å². The fraction of sp³-hybridized carbons (Fsp3) is 0.750. The lowest BCUT2D eigenvalue weighted by Gasteiger charge is -2.35. The van der Waals surface area contributed by atoms with Gasteiger partial charge in [-0.3, -0.25) is 5.10 Å². The molecule has 1 aromatic rings. The first kappa shape index (κ1) is 7.73. The van der Waals surface area contributed by atoms with Crippen molar-refractivity contribution < 1.29 is 0 Å². The summed E-state index contributed by atoms with van der Waals surface area (Å²) in [5.41, 5.74) is 5.66. The lowest BCUT2D eigenvalue weighted by atomic mass is 9.70. The van der Waals surface area contributed by atoms with Crippen LogP contribution >= 0.6 is 0 Å². The Labute approximate surface area is 71.6 Å². The summed E-state index contributed by atoms with van der Waals surface area (Å²) >= 11 is 0. The van der Waals surface area contributed by atoms with Crippen LogP contribution in [0.15, 0.2) is 0 Å². The molecule has 1 heterocycles.